The molecule has 0 aromatic heterocycles. The molecule has 2 atom stereocenters. The summed E-state index contributed by atoms with van der Waals surface area (Å²) in [5, 5.41) is 0. The monoisotopic (exact) mass is 660 g/mol. The van der Waals surface area contributed by atoms with Crippen LogP contribution in [0.2, 0.25) is 40.5 Å². The number of alkyl halides is 1. The number of ether oxygens (including phenoxy) is 3. The van der Waals surface area contributed by atoms with E-state index in [2.05, 4.69) is 83.9 Å². The number of esters is 1. The Balaban J connectivity index is 4.26. The molecule has 0 N–H and O–H groups in total. The van der Waals surface area contributed by atoms with Gasteiger partial charge in [-0.2, -0.15) is 0 Å². The second-order valence-electron chi connectivity index (χ2n) is 10.5. The summed E-state index contributed by atoms with van der Waals surface area (Å²) in [7, 11) is -1.03. The smallest absolute Gasteiger partial charge is 0.356 e. The van der Waals surface area contributed by atoms with E-state index in [4.69, 9.17) is 14.2 Å². The van der Waals surface area contributed by atoms with Gasteiger partial charge in [-0.3, -0.25) is 0 Å². The standard InChI is InChI=1S/C20H36IO4Si.3CH3.Sn/c1-7-9-20(22)25-19(14-21)18(3)11-8-10-17(2)15-24-16-23-12-13-26(4,5)6;;;;/h9-10,18-19H,8,11-16H2,1-6H3;3*1H3;/b9-7?,17-10+;;;;/t18-,19+;;;;/m0..../s1. The first kappa shape index (κ1) is 30.6. The molecule has 0 unspecified atom stereocenters. The van der Waals surface area contributed by atoms with E-state index >= 15 is 0 Å². The predicted octanol–water partition coefficient (Wildman–Crippen LogP) is 6.85. The number of rotatable bonds is 15. The van der Waals surface area contributed by atoms with Crippen molar-refractivity contribution in [1.29, 1.82) is 0 Å². The average molecular weight is 659 g/mol. The molecule has 0 bridgehead atoms. The summed E-state index contributed by atoms with van der Waals surface area (Å²) in [5.74, 6) is 0.148. The number of allylic oxidation sites excluding steroid dienone is 2. The van der Waals surface area contributed by atoms with Gasteiger partial charge in [0.1, 0.15) is 6.79 Å². The molecule has 0 heterocycles. The molecular formula is C23H45IO4SiSn. The third kappa shape index (κ3) is 16.3. The van der Waals surface area contributed by atoms with Gasteiger partial charge in [0.15, 0.2) is 0 Å². The first-order chi connectivity index (χ1) is 13.8. The van der Waals surface area contributed by atoms with E-state index in [1.807, 2.05) is 0 Å². The normalized spacial score (nSPS) is 15.8. The Labute approximate surface area is 204 Å². The summed E-state index contributed by atoms with van der Waals surface area (Å²) in [4.78, 5) is 19.2. The van der Waals surface area contributed by atoms with Crippen molar-refractivity contribution in [2.45, 2.75) is 80.2 Å². The zero-order chi connectivity index (χ0) is 23.4. The SMILES string of the molecule is C/C(=C\CC[C@H](C)[C@@H](CI)OC(=O)/C=[C](\C)[Sn]([CH3])([CH3])[CH3])COCOCC[Si](C)(C)C. The molecule has 0 rings (SSSR count). The molecule has 0 radical (unpaired) electrons. The van der Waals surface area contributed by atoms with Crippen molar-refractivity contribution in [3.05, 3.63) is 21.3 Å². The molecule has 30 heavy (non-hydrogen) atoms. The minimum atomic E-state index is -2.17. The summed E-state index contributed by atoms with van der Waals surface area (Å²) in [6.07, 6.45) is 5.87. The first-order valence-electron chi connectivity index (χ1n) is 11.0. The van der Waals surface area contributed by atoms with Gasteiger partial charge in [-0.05, 0) is 6.04 Å². The molecular weight excluding hydrogens is 614 g/mol. The summed E-state index contributed by atoms with van der Waals surface area (Å²) < 4.78 is 19.0. The van der Waals surface area contributed by atoms with E-state index < -0.39 is 26.5 Å². The van der Waals surface area contributed by atoms with Crippen LogP contribution in [0.25, 0.3) is 0 Å². The van der Waals surface area contributed by atoms with Crippen molar-refractivity contribution in [1.82, 2.24) is 0 Å². The van der Waals surface area contributed by atoms with E-state index in [1.165, 1.54) is 15.2 Å². The number of hydrogen-bond donors (Lipinski definition) is 0. The number of carbonyl (C=O) groups is 1. The van der Waals surface area contributed by atoms with Crippen molar-refractivity contribution in [3.8, 4) is 0 Å². The molecule has 0 spiro atoms. The van der Waals surface area contributed by atoms with Crippen LogP contribution in [-0.2, 0) is 19.0 Å². The maximum absolute atomic E-state index is 12.3. The van der Waals surface area contributed by atoms with Gasteiger partial charge in [0, 0.05) is 14.7 Å². The molecule has 0 aliphatic carbocycles. The molecule has 0 amide bonds. The number of halogens is 1. The van der Waals surface area contributed by atoms with Gasteiger partial charge < -0.3 is 4.74 Å². The first-order valence-corrected chi connectivity index (χ1v) is 26.2. The van der Waals surface area contributed by atoms with Crippen LogP contribution in [0.3, 0.4) is 0 Å². The van der Waals surface area contributed by atoms with E-state index in [-0.39, 0.29) is 12.1 Å². The van der Waals surface area contributed by atoms with Crippen molar-refractivity contribution < 1.29 is 19.0 Å². The second kappa shape index (κ2) is 15.5. The van der Waals surface area contributed by atoms with Crippen LogP contribution in [0.4, 0.5) is 0 Å². The van der Waals surface area contributed by atoms with E-state index in [9.17, 15) is 4.79 Å². The van der Waals surface area contributed by atoms with Crippen LogP contribution in [0.1, 0.15) is 33.6 Å². The zero-order valence-corrected chi connectivity index (χ0v) is 26.8. The third-order valence-electron chi connectivity index (χ3n) is 5.18. The van der Waals surface area contributed by atoms with Crippen molar-refractivity contribution in [3.63, 3.8) is 0 Å². The van der Waals surface area contributed by atoms with Crippen LogP contribution in [0, 0.1) is 5.92 Å². The van der Waals surface area contributed by atoms with Crippen LogP contribution in [-0.4, -0.2) is 63.0 Å². The molecule has 0 saturated heterocycles. The summed E-state index contributed by atoms with van der Waals surface area (Å²) >= 11 is 0.146. The zero-order valence-electron chi connectivity index (χ0n) is 20.8. The summed E-state index contributed by atoms with van der Waals surface area (Å²) in [6, 6.07) is 1.17. The van der Waals surface area contributed by atoms with E-state index in [0.717, 1.165) is 23.9 Å². The quantitative estimate of drug-likeness (QED) is 0.0282. The summed E-state index contributed by atoms with van der Waals surface area (Å²) in [5.41, 5.74) is 1.22. The van der Waals surface area contributed by atoms with Gasteiger partial charge in [0.25, 0.3) is 0 Å². The molecule has 0 fully saturated rings. The fourth-order valence-corrected chi connectivity index (χ4v) is 5.79. The molecule has 176 valence electrons. The molecule has 0 aliphatic rings. The molecule has 4 nitrogen and oxygen atoms in total. The summed E-state index contributed by atoms with van der Waals surface area (Å²) in [6.45, 7) is 15.1. The Morgan fingerprint density at radius 2 is 1.77 bits per heavy atom. The van der Waals surface area contributed by atoms with Crippen molar-refractivity contribution >= 4 is 55.0 Å². The van der Waals surface area contributed by atoms with Gasteiger partial charge >= 0.3 is 154 Å². The second-order valence-corrected chi connectivity index (χ2v) is 32.1. The number of hydrogen-bond acceptors (Lipinski definition) is 4. The van der Waals surface area contributed by atoms with Gasteiger partial charge in [-0.15, -0.1) is 0 Å². The Morgan fingerprint density at radius 1 is 1.13 bits per heavy atom. The third-order valence-corrected chi connectivity index (χ3v) is 14.9. The topological polar surface area (TPSA) is 44.8 Å². The van der Waals surface area contributed by atoms with Gasteiger partial charge in [0.05, 0.1) is 0 Å². The molecule has 0 saturated carbocycles. The Morgan fingerprint density at radius 3 is 2.30 bits per heavy atom. The fourth-order valence-electron chi connectivity index (χ4n) is 2.41. The minimum Gasteiger partial charge on any atom is -0.356 e. The molecule has 0 aromatic rings. The van der Waals surface area contributed by atoms with E-state index in [0.29, 0.717) is 19.3 Å². The van der Waals surface area contributed by atoms with Gasteiger partial charge in [0.2, 0.25) is 0 Å². The van der Waals surface area contributed by atoms with Crippen molar-refractivity contribution in [2.24, 2.45) is 5.92 Å². The average Bonchev–Trinajstić information content (AvgIpc) is 2.60. The van der Waals surface area contributed by atoms with Crippen LogP contribution in [0.5, 0.6) is 0 Å². The Kier molecular flexibility index (Phi) is 15.8. The molecule has 0 aromatic carbocycles. The maximum atomic E-state index is 12.3. The minimum absolute atomic E-state index is 0.0398. The van der Waals surface area contributed by atoms with E-state index in [1.54, 1.807) is 6.08 Å². The number of carbonyl (C=O) groups excluding carboxylic acids is 1. The van der Waals surface area contributed by atoms with Crippen LogP contribution >= 0.6 is 22.6 Å². The fraction of sp³-hybridized carbons (Fsp3) is 0.783. The Bertz CT molecular complexity index is 565. The predicted molar refractivity (Wildman–Crippen MR) is 143 cm³/mol. The molecule has 7 heteroatoms. The van der Waals surface area contributed by atoms with Crippen LogP contribution < -0.4 is 0 Å². The van der Waals surface area contributed by atoms with Crippen molar-refractivity contribution in [2.75, 3.05) is 24.4 Å². The van der Waals surface area contributed by atoms with Crippen LogP contribution in [0.15, 0.2) is 21.3 Å². The Hall–Kier alpha value is 0.616. The molecule has 0 aliphatic heterocycles. The van der Waals surface area contributed by atoms with Gasteiger partial charge in [-0.1, -0.05) is 19.6 Å². The van der Waals surface area contributed by atoms with Gasteiger partial charge in [-0.25, -0.2) is 0 Å².